The maximum Gasteiger partial charge on any atom is 0.249 e. The molecule has 0 aliphatic carbocycles. The third-order valence-corrected chi connectivity index (χ3v) is 5.99. The standard InChI is InChI=1S/C16H13F5N2O2S.ClH/c17-10-3-1-2-9(6-10)13-8-22-4-5-23(13)26(24,25)16-14(20)11(18)7-12(19)15(16)21;/h1-3,6-7,13,22H,4-5,8H2;1H. The average molecular weight is 429 g/mol. The Kier molecular flexibility index (Phi) is 6.46. The summed E-state index contributed by atoms with van der Waals surface area (Å²) in [6.45, 7) is -0.0453. The molecular formula is C16H14ClF5N2O2S. The van der Waals surface area contributed by atoms with Gasteiger partial charge < -0.3 is 5.32 Å². The van der Waals surface area contributed by atoms with Crippen molar-refractivity contribution in [1.82, 2.24) is 9.62 Å². The van der Waals surface area contributed by atoms with Gasteiger partial charge in [0.25, 0.3) is 0 Å². The highest BCUT2D eigenvalue weighted by atomic mass is 35.5. The number of benzene rings is 2. The van der Waals surface area contributed by atoms with Crippen molar-refractivity contribution in [3.63, 3.8) is 0 Å². The maximum atomic E-state index is 14.0. The highest BCUT2D eigenvalue weighted by molar-refractivity contribution is 7.89. The summed E-state index contributed by atoms with van der Waals surface area (Å²) in [4.78, 5) is -1.70. The molecule has 1 heterocycles. The third kappa shape index (κ3) is 3.93. The first kappa shape index (κ1) is 21.5. The van der Waals surface area contributed by atoms with Crippen LogP contribution < -0.4 is 5.32 Å². The predicted molar refractivity (Wildman–Crippen MR) is 89.4 cm³/mol. The molecule has 0 saturated carbocycles. The van der Waals surface area contributed by atoms with Crippen LogP contribution in [0, 0.1) is 29.1 Å². The van der Waals surface area contributed by atoms with E-state index in [-0.39, 0.29) is 43.7 Å². The normalized spacial score (nSPS) is 18.2. The Morgan fingerprint density at radius 3 is 2.22 bits per heavy atom. The largest absolute Gasteiger partial charge is 0.313 e. The van der Waals surface area contributed by atoms with Gasteiger partial charge in [0, 0.05) is 25.7 Å². The quantitative estimate of drug-likeness (QED) is 0.603. The van der Waals surface area contributed by atoms with E-state index < -0.39 is 50.0 Å². The molecule has 1 unspecified atom stereocenters. The van der Waals surface area contributed by atoms with Crippen LogP contribution in [0.5, 0.6) is 0 Å². The van der Waals surface area contributed by atoms with Gasteiger partial charge in [-0.2, -0.15) is 4.31 Å². The Hall–Kier alpha value is -1.75. The van der Waals surface area contributed by atoms with Gasteiger partial charge in [-0.15, -0.1) is 12.4 Å². The fourth-order valence-electron chi connectivity index (χ4n) is 2.87. The molecule has 1 aliphatic rings. The van der Waals surface area contributed by atoms with Gasteiger partial charge in [-0.25, -0.2) is 30.4 Å². The molecule has 0 radical (unpaired) electrons. The fraction of sp³-hybridized carbons (Fsp3) is 0.250. The zero-order valence-electron chi connectivity index (χ0n) is 13.6. The van der Waals surface area contributed by atoms with E-state index in [4.69, 9.17) is 0 Å². The Labute approximate surface area is 158 Å². The van der Waals surface area contributed by atoms with Gasteiger partial charge in [0.1, 0.15) is 5.82 Å². The van der Waals surface area contributed by atoms with Gasteiger partial charge in [0.2, 0.25) is 10.0 Å². The summed E-state index contributed by atoms with van der Waals surface area (Å²) in [5.74, 6) is -8.26. The Morgan fingerprint density at radius 2 is 1.63 bits per heavy atom. The smallest absolute Gasteiger partial charge is 0.249 e. The first-order valence-electron chi connectivity index (χ1n) is 7.54. The number of nitrogens with zero attached hydrogens (tertiary/aromatic N) is 1. The molecule has 2 aromatic carbocycles. The maximum absolute atomic E-state index is 14.0. The molecule has 148 valence electrons. The lowest BCUT2D eigenvalue weighted by Gasteiger charge is -2.35. The Balaban J connectivity index is 0.00000261. The Bertz CT molecular complexity index is 932. The molecule has 0 spiro atoms. The second-order valence-electron chi connectivity index (χ2n) is 5.69. The van der Waals surface area contributed by atoms with E-state index >= 15 is 0 Å². The van der Waals surface area contributed by atoms with Gasteiger partial charge in [-0.3, -0.25) is 0 Å². The van der Waals surface area contributed by atoms with Crippen LogP contribution in [0.1, 0.15) is 11.6 Å². The minimum absolute atomic E-state index is 0. The number of hydrogen-bond acceptors (Lipinski definition) is 3. The average Bonchev–Trinajstić information content (AvgIpc) is 2.60. The summed E-state index contributed by atoms with van der Waals surface area (Å²) in [5.41, 5.74) is 0.235. The van der Waals surface area contributed by atoms with Crippen molar-refractivity contribution < 1.29 is 30.4 Å². The molecule has 0 aromatic heterocycles. The molecule has 2 aromatic rings. The molecule has 1 aliphatic heterocycles. The molecule has 0 amide bonds. The predicted octanol–water partition coefficient (Wildman–Crippen LogP) is 3.14. The van der Waals surface area contributed by atoms with Crippen molar-refractivity contribution in [3.05, 3.63) is 65.0 Å². The minimum Gasteiger partial charge on any atom is -0.313 e. The van der Waals surface area contributed by atoms with E-state index in [0.717, 1.165) is 12.1 Å². The van der Waals surface area contributed by atoms with Crippen LogP contribution in [0.2, 0.25) is 0 Å². The summed E-state index contributed by atoms with van der Waals surface area (Å²) in [7, 11) is -4.94. The molecular weight excluding hydrogens is 415 g/mol. The highest BCUT2D eigenvalue weighted by Crippen LogP contribution is 2.33. The summed E-state index contributed by atoms with van der Waals surface area (Å²) in [6, 6.07) is 3.97. The van der Waals surface area contributed by atoms with Crippen LogP contribution in [0.15, 0.2) is 35.2 Å². The second-order valence-corrected chi connectivity index (χ2v) is 7.52. The number of piperazine rings is 1. The van der Waals surface area contributed by atoms with Crippen molar-refractivity contribution in [1.29, 1.82) is 0 Å². The van der Waals surface area contributed by atoms with E-state index in [1.165, 1.54) is 12.1 Å². The van der Waals surface area contributed by atoms with Crippen LogP contribution >= 0.6 is 12.4 Å². The van der Waals surface area contributed by atoms with E-state index in [1.807, 2.05) is 0 Å². The van der Waals surface area contributed by atoms with Crippen LogP contribution in [-0.4, -0.2) is 32.4 Å². The fourth-order valence-corrected chi connectivity index (χ4v) is 4.61. The number of sulfonamides is 1. The van der Waals surface area contributed by atoms with Crippen molar-refractivity contribution in [3.8, 4) is 0 Å². The number of nitrogens with one attached hydrogen (secondary N) is 1. The molecule has 1 atom stereocenters. The summed E-state index contributed by atoms with van der Waals surface area (Å²) in [5, 5.41) is 2.89. The molecule has 1 N–H and O–H groups in total. The number of hydrogen-bond donors (Lipinski definition) is 1. The van der Waals surface area contributed by atoms with Crippen molar-refractivity contribution in [2.75, 3.05) is 19.6 Å². The van der Waals surface area contributed by atoms with Crippen LogP contribution in [0.3, 0.4) is 0 Å². The van der Waals surface area contributed by atoms with Gasteiger partial charge in [-0.05, 0) is 17.7 Å². The molecule has 1 fully saturated rings. The molecule has 11 heteroatoms. The van der Waals surface area contributed by atoms with Crippen LogP contribution in [-0.2, 0) is 10.0 Å². The van der Waals surface area contributed by atoms with Crippen molar-refractivity contribution in [2.24, 2.45) is 0 Å². The number of rotatable bonds is 3. The van der Waals surface area contributed by atoms with Gasteiger partial charge >= 0.3 is 0 Å². The van der Waals surface area contributed by atoms with Gasteiger partial charge in [0.15, 0.2) is 28.2 Å². The molecule has 4 nitrogen and oxygen atoms in total. The summed E-state index contributed by atoms with van der Waals surface area (Å²) in [6.07, 6.45) is 0. The monoisotopic (exact) mass is 428 g/mol. The number of halogens is 6. The lowest BCUT2D eigenvalue weighted by atomic mass is 10.1. The zero-order valence-corrected chi connectivity index (χ0v) is 15.2. The minimum atomic E-state index is -4.94. The van der Waals surface area contributed by atoms with Crippen LogP contribution in [0.25, 0.3) is 0 Å². The van der Waals surface area contributed by atoms with E-state index in [9.17, 15) is 30.4 Å². The molecule has 27 heavy (non-hydrogen) atoms. The summed E-state index contributed by atoms with van der Waals surface area (Å²) >= 11 is 0. The zero-order chi connectivity index (χ0) is 19.1. The van der Waals surface area contributed by atoms with Crippen molar-refractivity contribution in [2.45, 2.75) is 10.9 Å². The summed E-state index contributed by atoms with van der Waals surface area (Å²) < 4.78 is 94.8. The van der Waals surface area contributed by atoms with E-state index in [0.29, 0.717) is 4.31 Å². The topological polar surface area (TPSA) is 49.4 Å². The molecule has 3 rings (SSSR count). The van der Waals surface area contributed by atoms with Crippen molar-refractivity contribution >= 4 is 22.4 Å². The third-order valence-electron chi connectivity index (χ3n) is 4.07. The molecule has 0 bridgehead atoms. The first-order valence-corrected chi connectivity index (χ1v) is 8.98. The lowest BCUT2D eigenvalue weighted by molar-refractivity contribution is 0.267. The lowest BCUT2D eigenvalue weighted by Crippen LogP contribution is -2.49. The van der Waals surface area contributed by atoms with Gasteiger partial charge in [-0.1, -0.05) is 12.1 Å². The van der Waals surface area contributed by atoms with Gasteiger partial charge in [0.05, 0.1) is 6.04 Å². The van der Waals surface area contributed by atoms with Crippen LogP contribution in [0.4, 0.5) is 22.0 Å². The molecule has 1 saturated heterocycles. The Morgan fingerprint density at radius 1 is 1.00 bits per heavy atom. The SMILES string of the molecule is Cl.O=S(=O)(c1c(F)c(F)cc(F)c1F)N1CCNCC1c1cccc(F)c1. The highest BCUT2D eigenvalue weighted by Gasteiger charge is 2.39. The first-order chi connectivity index (χ1) is 12.2. The van der Waals surface area contributed by atoms with E-state index in [2.05, 4.69) is 5.32 Å². The second kappa shape index (κ2) is 8.09. The van der Waals surface area contributed by atoms with E-state index in [1.54, 1.807) is 0 Å².